The predicted molar refractivity (Wildman–Crippen MR) is 143 cm³/mol. The van der Waals surface area contributed by atoms with Gasteiger partial charge in [-0.1, -0.05) is 48.0 Å². The van der Waals surface area contributed by atoms with Crippen molar-refractivity contribution < 1.29 is 9.59 Å². The van der Waals surface area contributed by atoms with E-state index >= 15 is 0 Å². The lowest BCUT2D eigenvalue weighted by Crippen LogP contribution is -2.27. The molecule has 1 aliphatic rings. The van der Waals surface area contributed by atoms with Crippen LogP contribution in [0.2, 0.25) is 5.02 Å². The van der Waals surface area contributed by atoms with E-state index in [-0.39, 0.29) is 17.2 Å². The Morgan fingerprint density at radius 1 is 1.03 bits per heavy atom. The van der Waals surface area contributed by atoms with Crippen molar-refractivity contribution in [2.75, 3.05) is 5.75 Å². The van der Waals surface area contributed by atoms with Gasteiger partial charge in [0, 0.05) is 41.8 Å². The van der Waals surface area contributed by atoms with Crippen molar-refractivity contribution in [3.05, 3.63) is 118 Å². The molecule has 0 aliphatic carbocycles. The van der Waals surface area contributed by atoms with E-state index in [2.05, 4.69) is 10.3 Å². The number of hydrogen-bond donors (Lipinski definition) is 1. The van der Waals surface area contributed by atoms with Gasteiger partial charge in [0.2, 0.25) is 5.91 Å². The van der Waals surface area contributed by atoms with Crippen LogP contribution in [0.3, 0.4) is 0 Å². The number of benzene rings is 3. The number of carbonyl (C=O) groups excluding carboxylic acids is 2. The molecular formula is C28H25ClN4O2S. The first kappa shape index (κ1) is 24.2. The number of imidazole rings is 1. The van der Waals surface area contributed by atoms with Crippen LogP contribution in [-0.2, 0) is 17.9 Å². The molecule has 36 heavy (non-hydrogen) atoms. The molecule has 6 nitrogen and oxygen atoms in total. The number of thioether (sulfide) groups is 1. The SMILES string of the molecule is Cc1nccn1-c1ccc(CNC(=O)c2ccc([C@@H]3SCC(=O)N3Cc3ccc(Cl)cc3)cc2)cc1. The number of nitrogens with zero attached hydrogens (tertiary/aromatic N) is 3. The fourth-order valence-electron chi connectivity index (χ4n) is 4.20. The minimum atomic E-state index is -0.135. The molecule has 2 amide bonds. The van der Waals surface area contributed by atoms with Crippen molar-refractivity contribution >= 4 is 35.2 Å². The zero-order chi connectivity index (χ0) is 25.1. The van der Waals surface area contributed by atoms with Crippen molar-refractivity contribution in [3.8, 4) is 5.69 Å². The van der Waals surface area contributed by atoms with Crippen molar-refractivity contribution in [3.63, 3.8) is 0 Å². The molecule has 3 aromatic carbocycles. The fraction of sp³-hybridized carbons (Fsp3) is 0.179. The molecule has 8 heteroatoms. The molecule has 2 heterocycles. The van der Waals surface area contributed by atoms with Crippen molar-refractivity contribution in [1.82, 2.24) is 19.8 Å². The van der Waals surface area contributed by atoms with Crippen LogP contribution >= 0.6 is 23.4 Å². The summed E-state index contributed by atoms with van der Waals surface area (Å²) in [5, 5.41) is 3.58. The Morgan fingerprint density at radius 3 is 2.39 bits per heavy atom. The normalized spacial score (nSPS) is 15.3. The zero-order valence-electron chi connectivity index (χ0n) is 19.7. The van der Waals surface area contributed by atoms with Crippen LogP contribution < -0.4 is 5.32 Å². The first-order valence-corrected chi connectivity index (χ1v) is 13.0. The summed E-state index contributed by atoms with van der Waals surface area (Å²) < 4.78 is 2.01. The fourth-order valence-corrected chi connectivity index (χ4v) is 5.51. The van der Waals surface area contributed by atoms with Crippen LogP contribution in [0.4, 0.5) is 0 Å². The maximum absolute atomic E-state index is 12.7. The summed E-state index contributed by atoms with van der Waals surface area (Å²) in [6.45, 7) is 2.92. The van der Waals surface area contributed by atoms with Crippen molar-refractivity contribution in [2.24, 2.45) is 0 Å². The van der Waals surface area contributed by atoms with E-state index in [0.717, 1.165) is 28.2 Å². The summed E-state index contributed by atoms with van der Waals surface area (Å²) in [6, 6.07) is 23.1. The van der Waals surface area contributed by atoms with Crippen molar-refractivity contribution in [2.45, 2.75) is 25.4 Å². The highest BCUT2D eigenvalue weighted by Gasteiger charge is 2.32. The van der Waals surface area contributed by atoms with Crippen LogP contribution in [0, 0.1) is 6.92 Å². The second-order valence-corrected chi connectivity index (χ2v) is 10.1. The summed E-state index contributed by atoms with van der Waals surface area (Å²) in [5.41, 5.74) is 4.67. The Bertz CT molecular complexity index is 1370. The second-order valence-electron chi connectivity index (χ2n) is 8.63. The molecule has 4 aromatic rings. The second kappa shape index (κ2) is 10.6. The molecule has 1 fully saturated rings. The van der Waals surface area contributed by atoms with E-state index in [9.17, 15) is 9.59 Å². The number of aromatic nitrogens is 2. The molecule has 0 unspecified atom stereocenters. The predicted octanol–water partition coefficient (Wildman–Crippen LogP) is 5.54. The number of nitrogens with one attached hydrogen (secondary N) is 1. The molecule has 0 bridgehead atoms. The van der Waals surface area contributed by atoms with Crippen molar-refractivity contribution in [1.29, 1.82) is 0 Å². The average molecular weight is 517 g/mol. The largest absolute Gasteiger partial charge is 0.348 e. The topological polar surface area (TPSA) is 67.2 Å². The summed E-state index contributed by atoms with van der Waals surface area (Å²) in [7, 11) is 0. The molecule has 1 aliphatic heterocycles. The van der Waals surface area contributed by atoms with E-state index in [1.807, 2.05) is 95.4 Å². The Labute approximate surface area is 219 Å². The van der Waals surface area contributed by atoms with Gasteiger partial charge in [-0.2, -0.15) is 0 Å². The first-order chi connectivity index (χ1) is 17.5. The lowest BCUT2D eigenvalue weighted by molar-refractivity contribution is -0.128. The standard InChI is InChI=1S/C28H25ClN4O2S/c1-19-30-14-15-32(19)25-12-4-20(5-13-25)16-31-27(35)22-6-8-23(9-7-22)28-33(26(34)18-36-28)17-21-2-10-24(29)11-3-21/h2-15,28H,16-18H2,1H3,(H,31,35)/t28-/m0/s1. The third-order valence-corrected chi connectivity index (χ3v) is 7.69. The lowest BCUT2D eigenvalue weighted by atomic mass is 10.1. The molecule has 1 atom stereocenters. The van der Waals surface area contributed by atoms with E-state index in [4.69, 9.17) is 11.6 Å². The van der Waals surface area contributed by atoms with Gasteiger partial charge in [0.05, 0.1) is 5.75 Å². The molecule has 1 aromatic heterocycles. The van der Waals surface area contributed by atoms with Gasteiger partial charge in [-0.3, -0.25) is 9.59 Å². The number of rotatable bonds is 7. The molecule has 1 saturated heterocycles. The van der Waals surface area contributed by atoms with Crippen LogP contribution in [0.15, 0.2) is 85.2 Å². The van der Waals surface area contributed by atoms with E-state index < -0.39 is 0 Å². The maximum atomic E-state index is 12.7. The molecule has 1 N–H and O–H groups in total. The van der Waals surface area contributed by atoms with Gasteiger partial charge in [-0.15, -0.1) is 11.8 Å². The van der Waals surface area contributed by atoms with E-state index in [1.165, 1.54) is 0 Å². The Kier molecular flexibility index (Phi) is 7.11. The average Bonchev–Trinajstić information content (AvgIpc) is 3.49. The van der Waals surface area contributed by atoms with Gasteiger partial charge >= 0.3 is 0 Å². The zero-order valence-corrected chi connectivity index (χ0v) is 21.3. The number of carbonyl (C=O) groups is 2. The van der Waals surface area contributed by atoms with Gasteiger partial charge in [0.15, 0.2) is 0 Å². The number of hydrogen-bond acceptors (Lipinski definition) is 4. The van der Waals surface area contributed by atoms with Gasteiger partial charge in [-0.25, -0.2) is 4.98 Å². The number of aryl methyl sites for hydroxylation is 1. The highest BCUT2D eigenvalue weighted by molar-refractivity contribution is 8.00. The number of amides is 2. The minimum Gasteiger partial charge on any atom is -0.348 e. The van der Waals surface area contributed by atoms with Gasteiger partial charge in [0.25, 0.3) is 5.91 Å². The van der Waals surface area contributed by atoms with E-state index in [1.54, 1.807) is 18.0 Å². The molecular weight excluding hydrogens is 492 g/mol. The monoisotopic (exact) mass is 516 g/mol. The van der Waals surface area contributed by atoms with Gasteiger partial charge in [0.1, 0.15) is 11.2 Å². The Balaban J connectivity index is 1.20. The van der Waals surface area contributed by atoms with Crippen LogP contribution in [0.5, 0.6) is 0 Å². The third kappa shape index (κ3) is 5.32. The number of halogens is 1. The summed E-state index contributed by atoms with van der Waals surface area (Å²) >= 11 is 7.59. The van der Waals surface area contributed by atoms with Gasteiger partial charge < -0.3 is 14.8 Å². The van der Waals surface area contributed by atoms with Crippen LogP contribution in [0.25, 0.3) is 5.69 Å². The summed E-state index contributed by atoms with van der Waals surface area (Å²) in [4.78, 5) is 31.4. The van der Waals surface area contributed by atoms with Crippen LogP contribution in [0.1, 0.15) is 38.2 Å². The lowest BCUT2D eigenvalue weighted by Gasteiger charge is -2.24. The van der Waals surface area contributed by atoms with Crippen LogP contribution in [-0.4, -0.2) is 32.0 Å². The molecule has 0 saturated carbocycles. The summed E-state index contributed by atoms with van der Waals surface area (Å²) in [5.74, 6) is 1.34. The third-order valence-electron chi connectivity index (χ3n) is 6.19. The van der Waals surface area contributed by atoms with Gasteiger partial charge in [-0.05, 0) is 60.0 Å². The molecule has 0 spiro atoms. The summed E-state index contributed by atoms with van der Waals surface area (Å²) in [6.07, 6.45) is 3.70. The quantitative estimate of drug-likeness (QED) is 0.350. The molecule has 5 rings (SSSR count). The van der Waals surface area contributed by atoms with E-state index in [0.29, 0.717) is 29.4 Å². The molecule has 182 valence electrons. The Morgan fingerprint density at radius 2 is 1.72 bits per heavy atom. The highest BCUT2D eigenvalue weighted by atomic mass is 35.5. The maximum Gasteiger partial charge on any atom is 0.251 e. The molecule has 0 radical (unpaired) electrons. The highest BCUT2D eigenvalue weighted by Crippen LogP contribution is 2.39. The first-order valence-electron chi connectivity index (χ1n) is 11.6. The smallest absolute Gasteiger partial charge is 0.251 e. The Hall–Kier alpha value is -3.55. The minimum absolute atomic E-state index is 0.0806.